The first-order chi connectivity index (χ1) is 7.75. The summed E-state index contributed by atoms with van der Waals surface area (Å²) in [5.74, 6) is 1.36. The van der Waals surface area contributed by atoms with Gasteiger partial charge in [0.25, 0.3) is 0 Å². The minimum absolute atomic E-state index is 0.0888. The molecule has 5 nitrogen and oxygen atoms in total. The van der Waals surface area contributed by atoms with Gasteiger partial charge in [0.15, 0.2) is 0 Å². The highest BCUT2D eigenvalue weighted by Crippen LogP contribution is 2.16. The number of rotatable bonds is 4. The Morgan fingerprint density at radius 3 is 2.81 bits per heavy atom. The van der Waals surface area contributed by atoms with E-state index in [-0.39, 0.29) is 6.01 Å². The highest BCUT2D eigenvalue weighted by Gasteiger charge is 2.03. The van der Waals surface area contributed by atoms with Crippen molar-refractivity contribution in [1.29, 1.82) is 0 Å². The lowest BCUT2D eigenvalue weighted by atomic mass is 10.2. The topological polar surface area (TPSA) is 74.2 Å². The van der Waals surface area contributed by atoms with Crippen molar-refractivity contribution < 1.29 is 9.15 Å². The fourth-order valence-electron chi connectivity index (χ4n) is 1.33. The molecule has 1 aromatic carbocycles. The predicted molar refractivity (Wildman–Crippen MR) is 59.1 cm³/mol. The number of nitrogens with zero attached hydrogens (tertiary/aromatic N) is 2. The molecule has 0 saturated carbocycles. The van der Waals surface area contributed by atoms with E-state index >= 15 is 0 Å². The molecule has 0 radical (unpaired) electrons. The first-order valence-corrected chi connectivity index (χ1v) is 5.02. The molecule has 1 heterocycles. The molecule has 16 heavy (non-hydrogen) atoms. The molecule has 0 fully saturated rings. The molecule has 84 valence electrons. The summed E-state index contributed by atoms with van der Waals surface area (Å²) in [5, 5.41) is 7.31. The van der Waals surface area contributed by atoms with Crippen LogP contribution in [0.4, 0.5) is 6.01 Å². The number of nitrogen functional groups attached to an aromatic ring is 1. The van der Waals surface area contributed by atoms with E-state index in [0.717, 1.165) is 11.3 Å². The van der Waals surface area contributed by atoms with Gasteiger partial charge in [-0.3, -0.25) is 0 Å². The van der Waals surface area contributed by atoms with Gasteiger partial charge in [0, 0.05) is 0 Å². The SMILES string of the molecule is Cc1ccccc1OCCc1nnc(N)o1. The third-order valence-electron chi connectivity index (χ3n) is 2.15. The van der Waals surface area contributed by atoms with Crippen LogP contribution in [0.25, 0.3) is 0 Å². The van der Waals surface area contributed by atoms with E-state index in [9.17, 15) is 0 Å². The summed E-state index contributed by atoms with van der Waals surface area (Å²) >= 11 is 0. The second kappa shape index (κ2) is 4.65. The van der Waals surface area contributed by atoms with Crippen LogP contribution in [0, 0.1) is 6.92 Å². The number of para-hydroxylation sites is 1. The van der Waals surface area contributed by atoms with Crippen LogP contribution in [-0.4, -0.2) is 16.8 Å². The fourth-order valence-corrected chi connectivity index (χ4v) is 1.33. The average Bonchev–Trinajstić information content (AvgIpc) is 2.67. The van der Waals surface area contributed by atoms with Crippen LogP contribution in [0.1, 0.15) is 11.5 Å². The molecule has 0 aliphatic rings. The van der Waals surface area contributed by atoms with Crippen LogP contribution in [0.3, 0.4) is 0 Å². The van der Waals surface area contributed by atoms with Crippen LogP contribution in [0.5, 0.6) is 5.75 Å². The maximum Gasteiger partial charge on any atom is 0.312 e. The molecular formula is C11H13N3O2. The normalized spacial score (nSPS) is 10.3. The largest absolute Gasteiger partial charge is 0.493 e. The molecule has 5 heteroatoms. The standard InChI is InChI=1S/C11H13N3O2/c1-8-4-2-3-5-9(8)15-7-6-10-13-14-11(12)16-10/h2-5H,6-7H2,1H3,(H2,12,14). The van der Waals surface area contributed by atoms with E-state index in [4.69, 9.17) is 14.9 Å². The number of ether oxygens (including phenoxy) is 1. The van der Waals surface area contributed by atoms with Crippen LogP contribution in [0.2, 0.25) is 0 Å². The van der Waals surface area contributed by atoms with Crippen LogP contribution in [-0.2, 0) is 6.42 Å². The van der Waals surface area contributed by atoms with Crippen molar-refractivity contribution in [2.45, 2.75) is 13.3 Å². The van der Waals surface area contributed by atoms with Gasteiger partial charge in [0.05, 0.1) is 13.0 Å². The van der Waals surface area contributed by atoms with E-state index in [1.54, 1.807) is 0 Å². The van der Waals surface area contributed by atoms with Gasteiger partial charge >= 0.3 is 6.01 Å². The average molecular weight is 219 g/mol. The van der Waals surface area contributed by atoms with E-state index in [0.29, 0.717) is 18.9 Å². The van der Waals surface area contributed by atoms with Gasteiger partial charge in [0.2, 0.25) is 5.89 Å². The fraction of sp³-hybridized carbons (Fsp3) is 0.273. The summed E-state index contributed by atoms with van der Waals surface area (Å²) in [6.45, 7) is 2.49. The Morgan fingerprint density at radius 1 is 1.31 bits per heavy atom. The summed E-state index contributed by atoms with van der Waals surface area (Å²) in [7, 11) is 0. The highest BCUT2D eigenvalue weighted by atomic mass is 16.5. The van der Waals surface area contributed by atoms with Crippen molar-refractivity contribution in [2.24, 2.45) is 0 Å². The van der Waals surface area contributed by atoms with Gasteiger partial charge in [0.1, 0.15) is 5.75 Å². The molecule has 1 aromatic heterocycles. The Kier molecular flexibility index (Phi) is 3.05. The number of benzene rings is 1. The van der Waals surface area contributed by atoms with Crippen molar-refractivity contribution in [3.63, 3.8) is 0 Å². The molecule has 0 bridgehead atoms. The lowest BCUT2D eigenvalue weighted by Gasteiger charge is -2.06. The van der Waals surface area contributed by atoms with Gasteiger partial charge in [-0.15, -0.1) is 5.10 Å². The Morgan fingerprint density at radius 2 is 2.12 bits per heavy atom. The molecule has 0 unspecified atom stereocenters. The summed E-state index contributed by atoms with van der Waals surface area (Å²) in [6.07, 6.45) is 0.554. The summed E-state index contributed by atoms with van der Waals surface area (Å²) < 4.78 is 10.6. The van der Waals surface area contributed by atoms with Crippen LogP contribution >= 0.6 is 0 Å². The summed E-state index contributed by atoms with van der Waals surface area (Å²) in [6, 6.07) is 7.93. The minimum Gasteiger partial charge on any atom is -0.493 e. The summed E-state index contributed by atoms with van der Waals surface area (Å²) in [4.78, 5) is 0. The Hall–Kier alpha value is -2.04. The quantitative estimate of drug-likeness (QED) is 0.845. The molecule has 0 amide bonds. The lowest BCUT2D eigenvalue weighted by molar-refractivity contribution is 0.305. The molecule has 0 saturated heterocycles. The zero-order valence-corrected chi connectivity index (χ0v) is 9.01. The molecule has 2 N–H and O–H groups in total. The monoisotopic (exact) mass is 219 g/mol. The van der Waals surface area contributed by atoms with Gasteiger partial charge in [-0.25, -0.2) is 0 Å². The third kappa shape index (κ3) is 2.50. The van der Waals surface area contributed by atoms with Crippen molar-refractivity contribution in [3.05, 3.63) is 35.7 Å². The van der Waals surface area contributed by atoms with Gasteiger partial charge in [-0.1, -0.05) is 23.3 Å². The number of hydrogen-bond donors (Lipinski definition) is 1. The maximum atomic E-state index is 5.58. The number of aryl methyl sites for hydroxylation is 1. The van der Waals surface area contributed by atoms with Gasteiger partial charge in [-0.2, -0.15) is 0 Å². The van der Waals surface area contributed by atoms with E-state index in [1.165, 1.54) is 0 Å². The minimum atomic E-state index is 0.0888. The molecule has 2 rings (SSSR count). The van der Waals surface area contributed by atoms with Crippen molar-refractivity contribution in [1.82, 2.24) is 10.2 Å². The maximum absolute atomic E-state index is 5.58. The second-order valence-electron chi connectivity index (χ2n) is 3.40. The molecule has 0 spiro atoms. The van der Waals surface area contributed by atoms with E-state index in [1.807, 2.05) is 31.2 Å². The molecule has 0 aliphatic heterocycles. The Bertz CT molecular complexity index is 468. The number of hydrogen-bond acceptors (Lipinski definition) is 5. The van der Waals surface area contributed by atoms with Gasteiger partial charge < -0.3 is 14.9 Å². The smallest absolute Gasteiger partial charge is 0.312 e. The van der Waals surface area contributed by atoms with Crippen LogP contribution < -0.4 is 10.5 Å². The lowest BCUT2D eigenvalue weighted by Crippen LogP contribution is -2.02. The zero-order chi connectivity index (χ0) is 11.4. The first-order valence-electron chi connectivity index (χ1n) is 5.02. The number of nitrogens with two attached hydrogens (primary N) is 1. The number of aromatic nitrogens is 2. The Balaban J connectivity index is 1.87. The number of anilines is 1. The van der Waals surface area contributed by atoms with Gasteiger partial charge in [-0.05, 0) is 18.6 Å². The zero-order valence-electron chi connectivity index (χ0n) is 9.01. The Labute approximate surface area is 93.2 Å². The molecule has 2 aromatic rings. The third-order valence-corrected chi connectivity index (χ3v) is 2.15. The van der Waals surface area contributed by atoms with E-state index in [2.05, 4.69) is 10.2 Å². The van der Waals surface area contributed by atoms with Crippen molar-refractivity contribution >= 4 is 6.01 Å². The second-order valence-corrected chi connectivity index (χ2v) is 3.40. The van der Waals surface area contributed by atoms with E-state index < -0.39 is 0 Å². The molecule has 0 atom stereocenters. The highest BCUT2D eigenvalue weighted by molar-refractivity contribution is 5.31. The predicted octanol–water partition coefficient (Wildman–Crippen LogP) is 1.58. The van der Waals surface area contributed by atoms with Crippen LogP contribution in [0.15, 0.2) is 28.7 Å². The molecular weight excluding hydrogens is 206 g/mol. The molecule has 0 aliphatic carbocycles. The summed E-state index contributed by atoms with van der Waals surface area (Å²) in [5.41, 5.74) is 6.41. The van der Waals surface area contributed by atoms with Crippen molar-refractivity contribution in [3.8, 4) is 5.75 Å². The first kappa shape index (κ1) is 10.5. The van der Waals surface area contributed by atoms with Crippen molar-refractivity contribution in [2.75, 3.05) is 12.3 Å².